The Labute approximate surface area is 217 Å². The summed E-state index contributed by atoms with van der Waals surface area (Å²) in [7, 11) is 2.09. The van der Waals surface area contributed by atoms with E-state index in [1.807, 2.05) is 45.9 Å². The average Bonchev–Trinajstić information content (AvgIpc) is 2.84. The third-order valence-electron chi connectivity index (χ3n) is 5.67. The first-order valence-electron chi connectivity index (χ1n) is 12.8. The molecule has 198 valence electrons. The van der Waals surface area contributed by atoms with Crippen LogP contribution in [0.3, 0.4) is 0 Å². The molecular formula is C29H44N4O3. The first-order valence-corrected chi connectivity index (χ1v) is 12.8. The van der Waals surface area contributed by atoms with E-state index in [-0.39, 0.29) is 12.2 Å². The van der Waals surface area contributed by atoms with Crippen molar-refractivity contribution in [3.8, 4) is 11.5 Å². The number of nitrogens with zero attached hydrogens (tertiary/aromatic N) is 3. The van der Waals surface area contributed by atoms with Gasteiger partial charge in [-0.05, 0) is 82.5 Å². The van der Waals surface area contributed by atoms with E-state index in [1.54, 1.807) is 6.20 Å². The van der Waals surface area contributed by atoms with E-state index in [0.29, 0.717) is 18.1 Å². The van der Waals surface area contributed by atoms with Crippen molar-refractivity contribution >= 4 is 5.69 Å². The number of aromatic nitrogens is 2. The molecule has 0 spiro atoms. The first-order chi connectivity index (χ1) is 17.2. The highest BCUT2D eigenvalue weighted by Crippen LogP contribution is 2.27. The van der Waals surface area contributed by atoms with Gasteiger partial charge in [0.25, 0.3) is 0 Å². The van der Waals surface area contributed by atoms with Gasteiger partial charge in [0.05, 0.1) is 12.7 Å². The zero-order valence-electron chi connectivity index (χ0n) is 23.1. The number of aryl methyl sites for hydroxylation is 4. The number of hydrogen-bond acceptors (Lipinski definition) is 7. The van der Waals surface area contributed by atoms with Gasteiger partial charge in [-0.3, -0.25) is 0 Å². The van der Waals surface area contributed by atoms with E-state index in [0.717, 1.165) is 49.5 Å². The Kier molecular flexibility index (Phi) is 12.4. The lowest BCUT2D eigenvalue weighted by Gasteiger charge is -2.30. The molecule has 1 aromatic carbocycles. The van der Waals surface area contributed by atoms with E-state index in [1.165, 1.54) is 17.5 Å². The normalized spacial score (nSPS) is 15.5. The number of nitrogens with two attached hydrogens (primary N) is 1. The molecule has 0 amide bonds. The molecule has 0 radical (unpaired) electrons. The van der Waals surface area contributed by atoms with Crippen LogP contribution < -0.4 is 15.2 Å². The molecule has 0 saturated carbocycles. The Morgan fingerprint density at radius 3 is 2.50 bits per heavy atom. The number of hydrogen-bond donors (Lipinski definition) is 1. The van der Waals surface area contributed by atoms with Gasteiger partial charge in [-0.2, -0.15) is 0 Å². The Bertz CT molecular complexity index is 1010. The van der Waals surface area contributed by atoms with E-state index >= 15 is 0 Å². The SMILES string of the molecule is CCc1ccc(N)cc1CC.Cc1cncnc(C)cc(OCC2CN(C)CCO2)c(OC(C)C)c1. The summed E-state index contributed by atoms with van der Waals surface area (Å²) in [6.45, 7) is 15.2. The highest BCUT2D eigenvalue weighted by molar-refractivity contribution is 5.44. The summed E-state index contributed by atoms with van der Waals surface area (Å²) in [6, 6.07) is 9.98. The number of nitrogen functional groups attached to an aromatic ring is 1. The second-order valence-electron chi connectivity index (χ2n) is 9.39. The Morgan fingerprint density at radius 1 is 1.08 bits per heavy atom. The van der Waals surface area contributed by atoms with Crippen molar-refractivity contribution in [1.82, 2.24) is 14.9 Å². The van der Waals surface area contributed by atoms with Gasteiger partial charge >= 0.3 is 0 Å². The summed E-state index contributed by atoms with van der Waals surface area (Å²) in [5, 5.41) is 0. The molecule has 0 aliphatic carbocycles. The molecule has 7 heteroatoms. The minimum absolute atomic E-state index is 0.0341. The average molecular weight is 497 g/mol. The third kappa shape index (κ3) is 10.4. The molecule has 2 N–H and O–H groups in total. The van der Waals surface area contributed by atoms with Crippen LogP contribution in [0.4, 0.5) is 5.69 Å². The smallest absolute Gasteiger partial charge is 0.163 e. The number of ether oxygens (including phenoxy) is 3. The topological polar surface area (TPSA) is 82.7 Å². The van der Waals surface area contributed by atoms with Gasteiger partial charge in [0, 0.05) is 36.7 Å². The summed E-state index contributed by atoms with van der Waals surface area (Å²) < 4.78 is 17.9. The zero-order valence-corrected chi connectivity index (χ0v) is 23.1. The van der Waals surface area contributed by atoms with E-state index < -0.39 is 0 Å². The van der Waals surface area contributed by atoms with Crippen molar-refractivity contribution in [2.75, 3.05) is 39.1 Å². The van der Waals surface area contributed by atoms with Gasteiger partial charge in [0.1, 0.15) is 19.0 Å². The van der Waals surface area contributed by atoms with Gasteiger partial charge < -0.3 is 24.8 Å². The molecule has 1 fully saturated rings. The lowest BCUT2D eigenvalue weighted by atomic mass is 10.0. The lowest BCUT2D eigenvalue weighted by molar-refractivity contribution is -0.0407. The molecule has 3 rings (SSSR count). The molecule has 1 aliphatic heterocycles. The largest absolute Gasteiger partial charge is 0.487 e. The highest BCUT2D eigenvalue weighted by Gasteiger charge is 2.19. The molecule has 1 unspecified atom stereocenters. The second-order valence-corrected chi connectivity index (χ2v) is 9.39. The van der Waals surface area contributed by atoms with Crippen molar-refractivity contribution in [2.24, 2.45) is 0 Å². The summed E-state index contributed by atoms with van der Waals surface area (Å²) in [4.78, 5) is 10.7. The number of morpholine rings is 1. The monoisotopic (exact) mass is 496 g/mol. The van der Waals surface area contributed by atoms with Crippen molar-refractivity contribution in [1.29, 1.82) is 0 Å². The molecule has 2 heterocycles. The lowest BCUT2D eigenvalue weighted by Crippen LogP contribution is -2.42. The Balaban J connectivity index is 0.000000346. The Morgan fingerprint density at radius 2 is 1.83 bits per heavy atom. The molecule has 2 aromatic rings. The molecule has 1 aromatic heterocycles. The first kappa shape index (κ1) is 29.3. The number of anilines is 1. The summed E-state index contributed by atoms with van der Waals surface area (Å²) >= 11 is 0. The molecule has 0 bridgehead atoms. The van der Waals surface area contributed by atoms with Gasteiger partial charge in [-0.15, -0.1) is 0 Å². The number of rotatable bonds is 7. The predicted molar refractivity (Wildman–Crippen MR) is 147 cm³/mol. The minimum atomic E-state index is 0.0341. The van der Waals surface area contributed by atoms with E-state index in [2.05, 4.69) is 47.9 Å². The van der Waals surface area contributed by atoms with Crippen LogP contribution in [0.1, 0.15) is 50.1 Å². The fourth-order valence-electron chi connectivity index (χ4n) is 3.82. The fourth-order valence-corrected chi connectivity index (χ4v) is 3.82. The maximum atomic E-state index is 6.10. The third-order valence-corrected chi connectivity index (χ3v) is 5.67. The molecule has 36 heavy (non-hydrogen) atoms. The van der Waals surface area contributed by atoms with Crippen molar-refractivity contribution in [2.45, 2.75) is 66.6 Å². The van der Waals surface area contributed by atoms with Crippen LogP contribution in [0.15, 0.2) is 42.9 Å². The maximum absolute atomic E-state index is 6.10. The molecular weight excluding hydrogens is 452 g/mol. The minimum Gasteiger partial charge on any atom is -0.487 e. The maximum Gasteiger partial charge on any atom is 0.163 e. The van der Waals surface area contributed by atoms with Crippen LogP contribution in [0.25, 0.3) is 0 Å². The summed E-state index contributed by atoms with van der Waals surface area (Å²) in [5.41, 5.74) is 11.1. The Hall–Kier alpha value is -2.90. The van der Waals surface area contributed by atoms with E-state index in [9.17, 15) is 0 Å². The quantitative estimate of drug-likeness (QED) is 0.534. The van der Waals surface area contributed by atoms with Crippen molar-refractivity contribution in [3.63, 3.8) is 0 Å². The van der Waals surface area contributed by atoms with Gasteiger partial charge in [-0.25, -0.2) is 9.97 Å². The van der Waals surface area contributed by atoms with Crippen LogP contribution in [0, 0.1) is 13.8 Å². The molecule has 1 atom stereocenters. The molecule has 1 aliphatic rings. The van der Waals surface area contributed by atoms with Crippen LogP contribution in [0.5, 0.6) is 11.5 Å². The predicted octanol–water partition coefficient (Wildman–Crippen LogP) is 5.11. The van der Waals surface area contributed by atoms with Gasteiger partial charge in [0.15, 0.2) is 11.5 Å². The zero-order chi connectivity index (χ0) is 26.5. The number of likely N-dealkylation sites (N-methyl/N-ethyl adjacent to an activating group) is 1. The fraction of sp³-hybridized carbons (Fsp3) is 0.517. The van der Waals surface area contributed by atoms with Crippen molar-refractivity contribution in [3.05, 3.63) is 65.2 Å². The molecule has 7 nitrogen and oxygen atoms in total. The van der Waals surface area contributed by atoms with E-state index in [4.69, 9.17) is 19.9 Å². The van der Waals surface area contributed by atoms with Crippen LogP contribution in [0.2, 0.25) is 0 Å². The van der Waals surface area contributed by atoms with Gasteiger partial charge in [-0.1, -0.05) is 19.9 Å². The number of benzene rings is 1. The standard InChI is InChI=1S/C19H29N3O3.C10H15N/c1-14(2)25-19-8-15(3)10-20-13-21-16(4)9-18(19)24-12-17-11-22(5)6-7-23-17;1-3-8-5-6-10(11)7-9(8)4-2/h8-10,13-14,17H,6-7,11-12H2,1-5H3;5-7H,3-4,11H2,1-2H3. The summed E-state index contributed by atoms with van der Waals surface area (Å²) in [5.74, 6) is 1.34. The molecule has 1 saturated heterocycles. The second kappa shape index (κ2) is 15.3. The van der Waals surface area contributed by atoms with Crippen LogP contribution in [-0.2, 0) is 17.6 Å². The summed E-state index contributed by atoms with van der Waals surface area (Å²) in [6.07, 6.45) is 5.55. The van der Waals surface area contributed by atoms with Gasteiger partial charge in [0.2, 0.25) is 0 Å². The van der Waals surface area contributed by atoms with Crippen LogP contribution >= 0.6 is 0 Å². The highest BCUT2D eigenvalue weighted by atomic mass is 16.6. The van der Waals surface area contributed by atoms with Crippen molar-refractivity contribution < 1.29 is 14.2 Å². The van der Waals surface area contributed by atoms with Crippen LogP contribution in [-0.4, -0.2) is 60.4 Å².